The van der Waals surface area contributed by atoms with Crippen LogP contribution in [0.15, 0.2) is 0 Å². The van der Waals surface area contributed by atoms with Crippen LogP contribution in [0.1, 0.15) is 19.3 Å². The molecule has 0 atom stereocenters. The second-order valence-corrected chi connectivity index (χ2v) is 5.40. The number of carbonyl (C=O) groups is 1. The molecule has 4 aliphatic rings. The van der Waals surface area contributed by atoms with Crippen molar-refractivity contribution in [3.63, 3.8) is 0 Å². The van der Waals surface area contributed by atoms with E-state index in [1.807, 2.05) is 0 Å². The van der Waals surface area contributed by atoms with E-state index < -0.39 is 0 Å². The van der Waals surface area contributed by atoms with Crippen molar-refractivity contribution in [1.82, 2.24) is 4.90 Å². The number of morpholine rings is 1. The smallest absolute Gasteiger partial charge is 0.126 e. The molecule has 3 nitrogen and oxygen atoms in total. The largest absolute Gasteiger partial charge is 0.379 e. The molecular weight excluding hydrogens is 178 g/mol. The zero-order valence-corrected chi connectivity index (χ0v) is 8.50. The van der Waals surface area contributed by atoms with Crippen LogP contribution in [-0.2, 0) is 9.53 Å². The fourth-order valence-electron chi connectivity index (χ4n) is 3.61. The Morgan fingerprint density at radius 2 is 1.86 bits per heavy atom. The molecule has 0 aromatic rings. The molecule has 0 N–H and O–H groups in total. The molecular formula is C11H17NO2. The predicted octanol–water partition coefficient (Wildman–Crippen LogP) is 0.688. The van der Waals surface area contributed by atoms with Crippen LogP contribution in [0, 0.1) is 10.8 Å². The summed E-state index contributed by atoms with van der Waals surface area (Å²) in [6, 6.07) is 0. The highest BCUT2D eigenvalue weighted by atomic mass is 16.5. The summed E-state index contributed by atoms with van der Waals surface area (Å²) in [5, 5.41) is 0. The van der Waals surface area contributed by atoms with Gasteiger partial charge < -0.3 is 9.53 Å². The van der Waals surface area contributed by atoms with Gasteiger partial charge in [0.25, 0.3) is 0 Å². The van der Waals surface area contributed by atoms with Crippen LogP contribution in [0.5, 0.6) is 0 Å². The second kappa shape index (κ2) is 2.80. The molecule has 1 saturated heterocycles. The monoisotopic (exact) mass is 195 g/mol. The Bertz CT molecular complexity index is 238. The molecule has 4 rings (SSSR count). The van der Waals surface area contributed by atoms with E-state index in [4.69, 9.17) is 4.74 Å². The lowest BCUT2D eigenvalue weighted by Gasteiger charge is -2.69. The first-order valence-electron chi connectivity index (χ1n) is 5.53. The summed E-state index contributed by atoms with van der Waals surface area (Å²) in [6.45, 7) is 5.13. The minimum atomic E-state index is 0.131. The second-order valence-electron chi connectivity index (χ2n) is 5.40. The number of aldehydes is 1. The van der Waals surface area contributed by atoms with Gasteiger partial charge in [0.15, 0.2) is 0 Å². The minimum Gasteiger partial charge on any atom is -0.379 e. The van der Waals surface area contributed by atoms with Gasteiger partial charge in [-0.3, -0.25) is 4.90 Å². The first kappa shape index (κ1) is 8.86. The number of carbonyl (C=O) groups excluding carboxylic acids is 1. The third kappa shape index (κ3) is 1.15. The molecule has 3 heteroatoms. The van der Waals surface area contributed by atoms with Crippen LogP contribution in [0.25, 0.3) is 0 Å². The van der Waals surface area contributed by atoms with Crippen molar-refractivity contribution in [1.29, 1.82) is 0 Å². The van der Waals surface area contributed by atoms with Crippen LogP contribution in [0.2, 0.25) is 0 Å². The van der Waals surface area contributed by atoms with Gasteiger partial charge in [0.05, 0.1) is 13.2 Å². The Morgan fingerprint density at radius 1 is 1.21 bits per heavy atom. The SMILES string of the molecule is O=CC12CC(CN3CCOCC3)(C1)C2. The fraction of sp³-hybridized carbons (Fsp3) is 0.909. The first-order valence-corrected chi connectivity index (χ1v) is 5.53. The van der Waals surface area contributed by atoms with Crippen LogP contribution in [-0.4, -0.2) is 44.0 Å². The summed E-state index contributed by atoms with van der Waals surface area (Å²) in [5.41, 5.74) is 0.657. The maximum Gasteiger partial charge on any atom is 0.126 e. The van der Waals surface area contributed by atoms with Crippen LogP contribution < -0.4 is 0 Å². The van der Waals surface area contributed by atoms with Crippen LogP contribution in [0.3, 0.4) is 0 Å². The van der Waals surface area contributed by atoms with Gasteiger partial charge in [-0.2, -0.15) is 0 Å². The number of hydrogen-bond donors (Lipinski definition) is 0. The van der Waals surface area contributed by atoms with E-state index >= 15 is 0 Å². The van der Waals surface area contributed by atoms with Gasteiger partial charge in [0, 0.05) is 25.0 Å². The molecule has 1 heterocycles. The van der Waals surface area contributed by atoms with Crippen molar-refractivity contribution in [2.24, 2.45) is 10.8 Å². The highest BCUT2D eigenvalue weighted by Crippen LogP contribution is 2.72. The first-order chi connectivity index (χ1) is 6.76. The van der Waals surface area contributed by atoms with E-state index in [1.165, 1.54) is 12.8 Å². The molecule has 2 bridgehead atoms. The van der Waals surface area contributed by atoms with Crippen molar-refractivity contribution in [3.8, 4) is 0 Å². The van der Waals surface area contributed by atoms with Gasteiger partial charge >= 0.3 is 0 Å². The Balaban J connectivity index is 1.53. The zero-order chi connectivity index (χ0) is 9.65. The summed E-state index contributed by atoms with van der Waals surface area (Å²) < 4.78 is 5.32. The molecule has 0 spiro atoms. The molecule has 0 amide bonds. The Kier molecular flexibility index (Phi) is 1.77. The average Bonchev–Trinajstić information content (AvgIpc) is 2.10. The normalized spacial score (nSPS) is 46.6. The minimum absolute atomic E-state index is 0.131. The van der Waals surface area contributed by atoms with Gasteiger partial charge in [-0.05, 0) is 24.7 Å². The number of nitrogens with zero attached hydrogens (tertiary/aromatic N) is 1. The van der Waals surface area contributed by atoms with Crippen molar-refractivity contribution >= 4 is 6.29 Å². The third-order valence-electron chi connectivity index (χ3n) is 4.09. The molecule has 0 radical (unpaired) electrons. The molecule has 0 unspecified atom stereocenters. The number of ether oxygens (including phenoxy) is 1. The van der Waals surface area contributed by atoms with Gasteiger partial charge in [0.2, 0.25) is 0 Å². The summed E-state index contributed by atoms with van der Waals surface area (Å²) in [7, 11) is 0. The zero-order valence-electron chi connectivity index (χ0n) is 8.50. The third-order valence-corrected chi connectivity index (χ3v) is 4.09. The lowest BCUT2D eigenvalue weighted by molar-refractivity contribution is -0.203. The van der Waals surface area contributed by atoms with E-state index in [2.05, 4.69) is 4.90 Å². The van der Waals surface area contributed by atoms with Gasteiger partial charge in [-0.1, -0.05) is 0 Å². The van der Waals surface area contributed by atoms with Gasteiger partial charge in [0.1, 0.15) is 6.29 Å². The predicted molar refractivity (Wildman–Crippen MR) is 52.0 cm³/mol. The summed E-state index contributed by atoms with van der Waals surface area (Å²) in [6.07, 6.45) is 4.65. The molecule has 3 saturated carbocycles. The Hall–Kier alpha value is -0.410. The van der Waals surface area contributed by atoms with E-state index in [1.54, 1.807) is 0 Å². The van der Waals surface area contributed by atoms with Crippen molar-refractivity contribution in [2.75, 3.05) is 32.8 Å². The molecule has 0 aromatic carbocycles. The van der Waals surface area contributed by atoms with E-state index in [9.17, 15) is 4.79 Å². The maximum absolute atomic E-state index is 10.7. The lowest BCUT2D eigenvalue weighted by Crippen LogP contribution is -2.66. The molecule has 4 fully saturated rings. The molecule has 0 aromatic heterocycles. The standard InChI is InChI=1S/C11H17NO2/c13-9-11-5-10(6-11,7-11)8-12-1-3-14-4-2-12/h9H,1-8H2. The lowest BCUT2D eigenvalue weighted by atomic mass is 9.35. The van der Waals surface area contributed by atoms with Gasteiger partial charge in [-0.15, -0.1) is 0 Å². The van der Waals surface area contributed by atoms with E-state index in [0.717, 1.165) is 45.6 Å². The van der Waals surface area contributed by atoms with Crippen molar-refractivity contribution in [3.05, 3.63) is 0 Å². The van der Waals surface area contributed by atoms with Crippen LogP contribution >= 0.6 is 0 Å². The van der Waals surface area contributed by atoms with Crippen molar-refractivity contribution < 1.29 is 9.53 Å². The molecule has 14 heavy (non-hydrogen) atoms. The van der Waals surface area contributed by atoms with E-state index in [-0.39, 0.29) is 5.41 Å². The summed E-state index contributed by atoms with van der Waals surface area (Å²) in [4.78, 5) is 13.2. The molecule has 1 aliphatic heterocycles. The topological polar surface area (TPSA) is 29.5 Å². The van der Waals surface area contributed by atoms with Crippen LogP contribution in [0.4, 0.5) is 0 Å². The Morgan fingerprint density at radius 3 is 2.43 bits per heavy atom. The van der Waals surface area contributed by atoms with Crippen molar-refractivity contribution in [2.45, 2.75) is 19.3 Å². The maximum atomic E-state index is 10.7. The van der Waals surface area contributed by atoms with E-state index in [0.29, 0.717) is 5.41 Å². The quantitative estimate of drug-likeness (QED) is 0.620. The highest BCUT2D eigenvalue weighted by Gasteiger charge is 2.67. The molecule has 3 aliphatic carbocycles. The Labute approximate surface area is 84.4 Å². The highest BCUT2D eigenvalue weighted by molar-refractivity contribution is 5.66. The fourth-order valence-corrected chi connectivity index (χ4v) is 3.61. The van der Waals surface area contributed by atoms with Gasteiger partial charge in [-0.25, -0.2) is 0 Å². The summed E-state index contributed by atoms with van der Waals surface area (Å²) >= 11 is 0. The number of rotatable bonds is 3. The molecule has 78 valence electrons. The number of hydrogen-bond acceptors (Lipinski definition) is 3. The average molecular weight is 195 g/mol. The summed E-state index contributed by atoms with van der Waals surface area (Å²) in [5.74, 6) is 0.